The summed E-state index contributed by atoms with van der Waals surface area (Å²) < 4.78 is 18.9. The van der Waals surface area contributed by atoms with E-state index in [0.717, 1.165) is 6.07 Å². The Morgan fingerprint density at radius 2 is 2.25 bits per heavy atom. The Morgan fingerprint density at radius 1 is 1.50 bits per heavy atom. The highest BCUT2D eigenvalue weighted by Gasteiger charge is 2.29. The molecule has 2 rings (SSSR count). The predicted octanol–water partition coefficient (Wildman–Crippen LogP) is 0.210. The molecule has 6 nitrogen and oxygen atoms in total. The summed E-state index contributed by atoms with van der Waals surface area (Å²) in [5, 5.41) is 9.11. The molecule has 3 N–H and O–H groups in total. The van der Waals surface area contributed by atoms with Crippen LogP contribution in [0.5, 0.6) is 0 Å². The van der Waals surface area contributed by atoms with E-state index >= 15 is 0 Å². The second kappa shape index (κ2) is 5.98. The lowest BCUT2D eigenvalue weighted by Gasteiger charge is -2.32. The topological polar surface area (TPSA) is 92.9 Å². The zero-order valence-electron chi connectivity index (χ0n) is 10.7. The number of nitrogens with two attached hydrogens (primary N) is 1. The van der Waals surface area contributed by atoms with Gasteiger partial charge in [0.15, 0.2) is 0 Å². The van der Waals surface area contributed by atoms with Gasteiger partial charge in [-0.15, -0.1) is 0 Å². The number of benzene rings is 1. The molecule has 0 aliphatic carbocycles. The van der Waals surface area contributed by atoms with Crippen LogP contribution in [0.2, 0.25) is 0 Å². The molecule has 1 unspecified atom stereocenters. The average Bonchev–Trinajstić information content (AvgIpc) is 2.41. The van der Waals surface area contributed by atoms with E-state index in [1.165, 1.54) is 12.1 Å². The first kappa shape index (κ1) is 14.4. The molecule has 1 aromatic carbocycles. The molecule has 108 valence electrons. The van der Waals surface area contributed by atoms with Crippen molar-refractivity contribution >= 4 is 11.9 Å². The number of carbonyl (C=O) groups is 2. The van der Waals surface area contributed by atoms with Crippen LogP contribution in [0, 0.1) is 5.82 Å². The van der Waals surface area contributed by atoms with E-state index in [2.05, 4.69) is 0 Å². The number of halogens is 1. The molecular weight excluding hydrogens is 267 g/mol. The molecular formula is C13H15FN2O4. The van der Waals surface area contributed by atoms with Crippen LogP contribution >= 0.6 is 0 Å². The van der Waals surface area contributed by atoms with Gasteiger partial charge in [-0.25, -0.2) is 4.39 Å². The van der Waals surface area contributed by atoms with Crippen molar-refractivity contribution in [3.05, 3.63) is 35.1 Å². The number of ether oxygens (including phenoxy) is 1. The quantitative estimate of drug-likeness (QED) is 0.823. The number of hydrogen-bond acceptors (Lipinski definition) is 4. The van der Waals surface area contributed by atoms with E-state index in [-0.39, 0.29) is 24.3 Å². The van der Waals surface area contributed by atoms with Crippen molar-refractivity contribution in [1.82, 2.24) is 4.90 Å². The van der Waals surface area contributed by atoms with Crippen molar-refractivity contribution in [2.75, 3.05) is 19.8 Å². The van der Waals surface area contributed by atoms with Crippen LogP contribution in [-0.2, 0) is 16.1 Å². The van der Waals surface area contributed by atoms with E-state index in [0.29, 0.717) is 13.2 Å². The van der Waals surface area contributed by atoms with Gasteiger partial charge in [-0.05, 0) is 18.2 Å². The number of aliphatic carboxylic acids is 1. The largest absolute Gasteiger partial charge is 0.480 e. The maximum absolute atomic E-state index is 13.8. The molecule has 0 saturated carbocycles. The predicted molar refractivity (Wildman–Crippen MR) is 67.6 cm³/mol. The van der Waals surface area contributed by atoms with Crippen molar-refractivity contribution in [3.63, 3.8) is 0 Å². The van der Waals surface area contributed by atoms with E-state index < -0.39 is 23.7 Å². The Balaban J connectivity index is 2.21. The summed E-state index contributed by atoms with van der Waals surface area (Å²) in [5.41, 5.74) is 5.59. The molecule has 20 heavy (non-hydrogen) atoms. The van der Waals surface area contributed by atoms with Crippen molar-refractivity contribution in [1.29, 1.82) is 0 Å². The Morgan fingerprint density at radius 3 is 2.90 bits per heavy atom. The summed E-state index contributed by atoms with van der Waals surface area (Å²) in [6.07, 6.45) is 0. The van der Waals surface area contributed by atoms with Crippen molar-refractivity contribution in [2.45, 2.75) is 12.6 Å². The van der Waals surface area contributed by atoms with Crippen molar-refractivity contribution < 1.29 is 23.8 Å². The lowest BCUT2D eigenvalue weighted by Crippen LogP contribution is -2.49. The molecule has 7 heteroatoms. The fourth-order valence-corrected chi connectivity index (χ4v) is 2.12. The van der Waals surface area contributed by atoms with E-state index in [1.807, 2.05) is 0 Å². The molecule has 1 aliphatic rings. The number of carbonyl (C=O) groups excluding carboxylic acids is 1. The van der Waals surface area contributed by atoms with Crippen LogP contribution in [0.25, 0.3) is 0 Å². The highest BCUT2D eigenvalue weighted by Crippen LogP contribution is 2.17. The number of nitrogens with zero attached hydrogens (tertiary/aromatic N) is 1. The molecule has 1 amide bonds. The van der Waals surface area contributed by atoms with E-state index in [4.69, 9.17) is 15.6 Å². The zero-order chi connectivity index (χ0) is 14.7. The minimum absolute atomic E-state index is 0.0620. The number of rotatable bonds is 4. The molecule has 1 saturated heterocycles. The minimum Gasteiger partial charge on any atom is -0.480 e. The van der Waals surface area contributed by atoms with Gasteiger partial charge >= 0.3 is 5.97 Å². The number of morpholine rings is 1. The molecule has 1 aromatic rings. The fourth-order valence-electron chi connectivity index (χ4n) is 2.12. The SMILES string of the molecule is NC(=O)c1ccc(F)c(CN2CCOCC2C(=O)O)c1. The summed E-state index contributed by atoms with van der Waals surface area (Å²) in [6, 6.07) is 2.99. The van der Waals surface area contributed by atoms with E-state index in [9.17, 15) is 14.0 Å². The van der Waals surface area contributed by atoms with Crippen LogP contribution in [0.4, 0.5) is 4.39 Å². The van der Waals surface area contributed by atoms with Gasteiger partial charge in [0.2, 0.25) is 5.91 Å². The number of carboxylic acids is 1. The summed E-state index contributed by atoms with van der Waals surface area (Å²) in [4.78, 5) is 23.8. The monoisotopic (exact) mass is 282 g/mol. The normalized spacial score (nSPS) is 19.8. The summed E-state index contributed by atoms with van der Waals surface area (Å²) >= 11 is 0. The van der Waals surface area contributed by atoms with Crippen LogP contribution < -0.4 is 5.73 Å². The Bertz CT molecular complexity index is 535. The Hall–Kier alpha value is -1.99. The van der Waals surface area contributed by atoms with Crippen molar-refractivity contribution in [2.24, 2.45) is 5.73 Å². The molecule has 1 atom stereocenters. The number of primary amides is 1. The summed E-state index contributed by atoms with van der Waals surface area (Å²) in [7, 11) is 0. The van der Waals surface area contributed by atoms with Gasteiger partial charge in [0.1, 0.15) is 11.9 Å². The van der Waals surface area contributed by atoms with Gasteiger partial charge < -0.3 is 15.6 Å². The second-order valence-corrected chi connectivity index (χ2v) is 4.57. The van der Waals surface area contributed by atoms with Crippen LogP contribution in [0.3, 0.4) is 0 Å². The molecule has 0 spiro atoms. The lowest BCUT2D eigenvalue weighted by molar-refractivity contribution is -0.150. The highest BCUT2D eigenvalue weighted by molar-refractivity contribution is 5.92. The first-order valence-corrected chi connectivity index (χ1v) is 6.12. The molecule has 1 fully saturated rings. The fraction of sp³-hybridized carbons (Fsp3) is 0.385. The first-order valence-electron chi connectivity index (χ1n) is 6.12. The van der Waals surface area contributed by atoms with Crippen molar-refractivity contribution in [3.8, 4) is 0 Å². The van der Waals surface area contributed by atoms with Gasteiger partial charge in [-0.3, -0.25) is 14.5 Å². The highest BCUT2D eigenvalue weighted by atomic mass is 19.1. The van der Waals surface area contributed by atoms with Gasteiger partial charge in [-0.1, -0.05) is 0 Å². The van der Waals surface area contributed by atoms with Crippen LogP contribution in [-0.4, -0.2) is 47.7 Å². The van der Waals surface area contributed by atoms with Crippen LogP contribution in [0.1, 0.15) is 15.9 Å². The third kappa shape index (κ3) is 3.12. The second-order valence-electron chi connectivity index (χ2n) is 4.57. The molecule has 1 aliphatic heterocycles. The maximum atomic E-state index is 13.8. The average molecular weight is 282 g/mol. The molecule has 1 heterocycles. The van der Waals surface area contributed by atoms with Gasteiger partial charge in [0, 0.05) is 24.2 Å². The summed E-state index contributed by atoms with van der Waals surface area (Å²) in [6.45, 7) is 0.928. The molecule has 0 radical (unpaired) electrons. The minimum atomic E-state index is -1.02. The van der Waals surface area contributed by atoms with Gasteiger partial charge in [0.05, 0.1) is 13.2 Å². The van der Waals surface area contributed by atoms with Crippen LogP contribution in [0.15, 0.2) is 18.2 Å². The molecule has 0 aromatic heterocycles. The maximum Gasteiger partial charge on any atom is 0.323 e. The number of amides is 1. The van der Waals surface area contributed by atoms with Gasteiger partial charge in [-0.2, -0.15) is 0 Å². The molecule has 0 bridgehead atoms. The van der Waals surface area contributed by atoms with Gasteiger partial charge in [0.25, 0.3) is 0 Å². The zero-order valence-corrected chi connectivity index (χ0v) is 10.7. The summed E-state index contributed by atoms with van der Waals surface area (Å²) in [5.74, 6) is -2.16. The first-order chi connectivity index (χ1) is 9.49. The third-order valence-electron chi connectivity index (χ3n) is 3.23. The Kier molecular flexibility index (Phi) is 4.31. The Labute approximate surface area is 114 Å². The van der Waals surface area contributed by atoms with E-state index in [1.54, 1.807) is 4.90 Å². The number of carboxylic acid groups (broad SMARTS) is 1. The lowest BCUT2D eigenvalue weighted by atomic mass is 10.1. The smallest absolute Gasteiger partial charge is 0.323 e. The number of hydrogen-bond donors (Lipinski definition) is 2. The third-order valence-corrected chi connectivity index (χ3v) is 3.23. The standard InChI is InChI=1S/C13H15FN2O4/c14-10-2-1-8(12(15)17)5-9(10)6-16-3-4-20-7-11(16)13(18)19/h1-2,5,11H,3-4,6-7H2,(H2,15,17)(H,18,19).